The van der Waals surface area contributed by atoms with Gasteiger partial charge in [0.05, 0.1) is 16.8 Å². The van der Waals surface area contributed by atoms with Crippen molar-refractivity contribution in [3.05, 3.63) is 66.2 Å². The van der Waals surface area contributed by atoms with Gasteiger partial charge >= 0.3 is 0 Å². The third-order valence-electron chi connectivity index (χ3n) is 6.08. The average Bonchev–Trinajstić information content (AvgIpc) is 3.40. The summed E-state index contributed by atoms with van der Waals surface area (Å²) in [6, 6.07) is 13.1. The number of fused-ring (bicyclic) bond motifs is 1. The van der Waals surface area contributed by atoms with Gasteiger partial charge in [0.15, 0.2) is 12.2 Å². The minimum absolute atomic E-state index is 0. The van der Waals surface area contributed by atoms with E-state index in [9.17, 15) is 8.42 Å². The molecule has 8 heteroatoms. The maximum Gasteiger partial charge on any atom is 0.264 e. The molecule has 0 radical (unpaired) electrons. The third-order valence-corrected chi connectivity index (χ3v) is 7.91. The van der Waals surface area contributed by atoms with Crippen LogP contribution in [0, 0.1) is 0 Å². The second-order valence-corrected chi connectivity index (χ2v) is 9.92. The molecule has 0 atom stereocenters. The second kappa shape index (κ2) is 8.65. The van der Waals surface area contributed by atoms with Crippen LogP contribution in [0.3, 0.4) is 0 Å². The number of rotatable bonds is 6. The molecule has 0 unspecified atom stereocenters. The number of hydrogen-bond acceptors (Lipinski definition) is 5. The highest BCUT2D eigenvalue weighted by Crippen LogP contribution is 2.37. The molecule has 1 saturated heterocycles. The fraction of sp³-hybridized carbons (Fsp3) is 0.348. The fourth-order valence-corrected chi connectivity index (χ4v) is 5.95. The summed E-state index contributed by atoms with van der Waals surface area (Å²) >= 11 is 0. The van der Waals surface area contributed by atoms with Crippen LogP contribution in [0.5, 0.6) is 0 Å². The molecule has 0 aliphatic carbocycles. The molecule has 164 valence electrons. The number of aromatic nitrogens is 1. The molecule has 1 fully saturated rings. The third kappa shape index (κ3) is 3.97. The molecule has 31 heavy (non-hydrogen) atoms. The van der Waals surface area contributed by atoms with E-state index < -0.39 is 10.0 Å². The molecular formula is C23H26ClN3O3S. The van der Waals surface area contributed by atoms with Crippen LogP contribution >= 0.6 is 12.4 Å². The number of likely N-dealkylation sites (tertiary alicyclic amines) is 1. The first-order valence-electron chi connectivity index (χ1n) is 10.4. The Kier molecular flexibility index (Phi) is 6.10. The van der Waals surface area contributed by atoms with Crippen LogP contribution in [0.2, 0.25) is 0 Å². The van der Waals surface area contributed by atoms with E-state index in [0.29, 0.717) is 18.2 Å². The Hall–Kier alpha value is -2.35. The molecule has 0 amide bonds. The topological polar surface area (TPSA) is 66.7 Å². The van der Waals surface area contributed by atoms with E-state index >= 15 is 0 Å². The van der Waals surface area contributed by atoms with Gasteiger partial charge in [-0.2, -0.15) is 0 Å². The predicted octanol–water partition coefficient (Wildman–Crippen LogP) is 4.32. The summed E-state index contributed by atoms with van der Waals surface area (Å²) in [5, 5.41) is 0. The van der Waals surface area contributed by atoms with Gasteiger partial charge in [-0.25, -0.2) is 13.4 Å². The SMILES string of the molecule is CCCN1CC(c2ccc3c(c2)CCN3S(=O)(=O)c2ccc(-c3cnco3)cc2)C1.Cl. The number of benzene rings is 2. The quantitative estimate of drug-likeness (QED) is 0.549. The zero-order valence-electron chi connectivity index (χ0n) is 17.4. The number of sulfonamides is 1. The van der Waals surface area contributed by atoms with E-state index in [1.807, 2.05) is 6.07 Å². The van der Waals surface area contributed by atoms with Crippen molar-refractivity contribution in [2.24, 2.45) is 0 Å². The summed E-state index contributed by atoms with van der Waals surface area (Å²) in [7, 11) is -3.60. The van der Waals surface area contributed by atoms with Gasteiger partial charge in [-0.1, -0.05) is 19.1 Å². The highest BCUT2D eigenvalue weighted by molar-refractivity contribution is 7.92. The molecule has 2 aliphatic heterocycles. The molecule has 0 spiro atoms. The lowest BCUT2D eigenvalue weighted by molar-refractivity contribution is 0.149. The van der Waals surface area contributed by atoms with Crippen LogP contribution in [0.1, 0.15) is 30.4 Å². The monoisotopic (exact) mass is 459 g/mol. The van der Waals surface area contributed by atoms with Crippen molar-refractivity contribution in [1.82, 2.24) is 9.88 Å². The molecule has 0 N–H and O–H groups in total. The lowest BCUT2D eigenvalue weighted by Crippen LogP contribution is -2.45. The molecule has 3 aromatic rings. The average molecular weight is 460 g/mol. The van der Waals surface area contributed by atoms with Crippen molar-refractivity contribution >= 4 is 28.1 Å². The van der Waals surface area contributed by atoms with Crippen molar-refractivity contribution < 1.29 is 12.8 Å². The van der Waals surface area contributed by atoms with Gasteiger partial charge in [0.25, 0.3) is 10.0 Å². The van der Waals surface area contributed by atoms with Crippen LogP contribution < -0.4 is 4.31 Å². The number of nitrogens with zero attached hydrogens (tertiary/aromatic N) is 3. The smallest absolute Gasteiger partial charge is 0.264 e. The highest BCUT2D eigenvalue weighted by atomic mass is 35.5. The minimum Gasteiger partial charge on any atom is -0.444 e. The molecule has 0 bridgehead atoms. The van der Waals surface area contributed by atoms with Crippen LogP contribution in [0.4, 0.5) is 5.69 Å². The van der Waals surface area contributed by atoms with E-state index in [2.05, 4.69) is 28.9 Å². The van der Waals surface area contributed by atoms with Crippen molar-refractivity contribution in [2.75, 3.05) is 30.5 Å². The standard InChI is InChI=1S/C23H25N3O3S.ClH/c1-2-10-25-14-20(15-25)18-5-8-22-19(12-18)9-11-26(22)30(27,28)21-6-3-17(4-7-21)23-13-24-16-29-23;/h3-8,12-13,16,20H,2,9-11,14-15H2,1H3;1H. The van der Waals surface area contributed by atoms with Gasteiger partial charge in [-0.3, -0.25) is 4.31 Å². The molecule has 2 aromatic carbocycles. The summed E-state index contributed by atoms with van der Waals surface area (Å²) < 4.78 is 33.4. The van der Waals surface area contributed by atoms with E-state index in [0.717, 1.165) is 42.9 Å². The van der Waals surface area contributed by atoms with Crippen molar-refractivity contribution in [3.8, 4) is 11.3 Å². The normalized spacial score (nSPS) is 16.6. The Balaban J connectivity index is 0.00000231. The number of halogens is 1. The zero-order valence-corrected chi connectivity index (χ0v) is 19.0. The van der Waals surface area contributed by atoms with Gasteiger partial charge in [-0.15, -0.1) is 12.4 Å². The van der Waals surface area contributed by atoms with Crippen LogP contribution in [-0.4, -0.2) is 44.5 Å². The lowest BCUT2D eigenvalue weighted by atomic mass is 9.90. The van der Waals surface area contributed by atoms with Crippen molar-refractivity contribution in [2.45, 2.75) is 30.6 Å². The molecule has 0 saturated carbocycles. The van der Waals surface area contributed by atoms with E-state index in [4.69, 9.17) is 4.42 Å². The first-order valence-corrected chi connectivity index (χ1v) is 11.9. The molecular weight excluding hydrogens is 434 g/mol. The number of hydrogen-bond donors (Lipinski definition) is 0. The van der Waals surface area contributed by atoms with Gasteiger partial charge in [0.1, 0.15) is 0 Å². The van der Waals surface area contributed by atoms with Gasteiger partial charge in [-0.05, 0) is 60.8 Å². The summed E-state index contributed by atoms with van der Waals surface area (Å²) in [6.45, 7) is 6.05. The van der Waals surface area contributed by atoms with Crippen LogP contribution in [-0.2, 0) is 16.4 Å². The lowest BCUT2D eigenvalue weighted by Gasteiger charge is -2.39. The van der Waals surface area contributed by atoms with Gasteiger partial charge in [0, 0.05) is 31.1 Å². The highest BCUT2D eigenvalue weighted by Gasteiger charge is 2.33. The van der Waals surface area contributed by atoms with Gasteiger partial charge < -0.3 is 9.32 Å². The first-order chi connectivity index (χ1) is 14.6. The minimum atomic E-state index is -3.60. The van der Waals surface area contributed by atoms with Gasteiger partial charge in [0.2, 0.25) is 0 Å². The molecule has 2 aliphatic rings. The first kappa shape index (κ1) is 21.9. The Morgan fingerprint density at radius 3 is 2.58 bits per heavy atom. The zero-order chi connectivity index (χ0) is 20.7. The maximum atomic E-state index is 13.3. The van der Waals surface area contributed by atoms with Crippen LogP contribution in [0.25, 0.3) is 11.3 Å². The van der Waals surface area contributed by atoms with Crippen LogP contribution in [0.15, 0.2) is 64.4 Å². The Labute approximate surface area is 189 Å². The Bertz CT molecular complexity index is 1140. The maximum absolute atomic E-state index is 13.3. The Morgan fingerprint density at radius 2 is 1.90 bits per heavy atom. The van der Waals surface area contributed by atoms with E-state index in [-0.39, 0.29) is 17.3 Å². The predicted molar refractivity (Wildman–Crippen MR) is 123 cm³/mol. The summed E-state index contributed by atoms with van der Waals surface area (Å²) in [4.78, 5) is 6.66. The second-order valence-electron chi connectivity index (χ2n) is 8.06. The summed E-state index contributed by atoms with van der Waals surface area (Å²) in [5.74, 6) is 1.18. The number of anilines is 1. The molecule has 6 nitrogen and oxygen atoms in total. The van der Waals surface area contributed by atoms with E-state index in [1.54, 1.807) is 34.8 Å². The largest absolute Gasteiger partial charge is 0.444 e. The summed E-state index contributed by atoms with van der Waals surface area (Å²) in [5.41, 5.74) is 4.07. The Morgan fingerprint density at radius 1 is 1.13 bits per heavy atom. The summed E-state index contributed by atoms with van der Waals surface area (Å²) in [6.07, 6.45) is 4.91. The van der Waals surface area contributed by atoms with E-state index in [1.165, 1.54) is 18.4 Å². The van der Waals surface area contributed by atoms with Crippen molar-refractivity contribution in [1.29, 1.82) is 0 Å². The fourth-order valence-electron chi connectivity index (χ4n) is 4.45. The molecule has 3 heterocycles. The van der Waals surface area contributed by atoms with Crippen molar-refractivity contribution in [3.63, 3.8) is 0 Å². The molecule has 5 rings (SSSR count). The number of oxazole rings is 1. The molecule has 1 aromatic heterocycles.